The van der Waals surface area contributed by atoms with E-state index in [1.807, 2.05) is 55.5 Å². The zero-order valence-corrected chi connectivity index (χ0v) is 8.53. The Morgan fingerprint density at radius 3 is 2.40 bits per heavy atom. The molecule has 0 aliphatic rings. The highest BCUT2D eigenvalue weighted by atomic mass is 16.1. The third-order valence-electron chi connectivity index (χ3n) is 2.25. The molecule has 2 aromatic rings. The lowest BCUT2D eigenvalue weighted by molar-refractivity contribution is 0.103. The van der Waals surface area contributed by atoms with Crippen molar-refractivity contribution in [3.8, 4) is 0 Å². The first-order valence-electron chi connectivity index (χ1n) is 4.85. The molecule has 0 bridgehead atoms. The molecule has 1 heteroatoms. The van der Waals surface area contributed by atoms with E-state index in [1.165, 1.54) is 0 Å². The first-order valence-corrected chi connectivity index (χ1v) is 4.85. The van der Waals surface area contributed by atoms with E-state index in [-0.39, 0.29) is 5.78 Å². The molecule has 0 atom stereocenters. The average Bonchev–Trinajstić information content (AvgIpc) is 2.30. The molecule has 0 heterocycles. The van der Waals surface area contributed by atoms with Crippen LogP contribution in [0.1, 0.15) is 21.5 Å². The summed E-state index contributed by atoms with van der Waals surface area (Å²) >= 11 is 0. The van der Waals surface area contributed by atoms with Crippen LogP contribution in [0.4, 0.5) is 0 Å². The minimum Gasteiger partial charge on any atom is -0.289 e. The van der Waals surface area contributed by atoms with Gasteiger partial charge < -0.3 is 0 Å². The Morgan fingerprint density at radius 2 is 1.80 bits per heavy atom. The summed E-state index contributed by atoms with van der Waals surface area (Å²) in [6.45, 7) is 1.98. The quantitative estimate of drug-likeness (QED) is 0.673. The lowest BCUT2D eigenvalue weighted by Gasteiger charge is -2.00. The minimum absolute atomic E-state index is 0.0237. The molecule has 1 radical (unpaired) electrons. The Labute approximate surface area is 89.4 Å². The average molecular weight is 195 g/mol. The third kappa shape index (κ3) is 2.13. The molecule has 0 fully saturated rings. The van der Waals surface area contributed by atoms with Gasteiger partial charge in [0, 0.05) is 11.1 Å². The van der Waals surface area contributed by atoms with Gasteiger partial charge in [0.1, 0.15) is 0 Å². The smallest absolute Gasteiger partial charge is 0.193 e. The number of benzene rings is 2. The van der Waals surface area contributed by atoms with Gasteiger partial charge in [0.2, 0.25) is 0 Å². The van der Waals surface area contributed by atoms with Crippen LogP contribution in [0, 0.1) is 13.0 Å². The van der Waals surface area contributed by atoms with Gasteiger partial charge in [-0.25, -0.2) is 0 Å². The normalized spacial score (nSPS) is 9.93. The number of hydrogen-bond acceptors (Lipinski definition) is 1. The van der Waals surface area contributed by atoms with Crippen molar-refractivity contribution in [1.82, 2.24) is 0 Å². The summed E-state index contributed by atoms with van der Waals surface area (Å²) in [4.78, 5) is 11.9. The van der Waals surface area contributed by atoms with Gasteiger partial charge in [-0.15, -0.1) is 0 Å². The summed E-state index contributed by atoms with van der Waals surface area (Å²) in [7, 11) is 0. The second kappa shape index (κ2) is 4.09. The molecular weight excluding hydrogens is 184 g/mol. The number of carbonyl (C=O) groups excluding carboxylic acids is 1. The molecule has 0 spiro atoms. The Morgan fingerprint density at radius 1 is 1.07 bits per heavy atom. The summed E-state index contributed by atoms with van der Waals surface area (Å²) in [5.41, 5.74) is 2.43. The van der Waals surface area contributed by atoms with Gasteiger partial charge in [-0.1, -0.05) is 54.1 Å². The SMILES string of the molecule is Cc1c[c]c(C(=O)c2ccccc2)cc1. The van der Waals surface area contributed by atoms with Crippen LogP contribution in [-0.2, 0) is 0 Å². The van der Waals surface area contributed by atoms with Crippen LogP contribution in [0.15, 0.2) is 48.5 Å². The maximum Gasteiger partial charge on any atom is 0.193 e. The maximum atomic E-state index is 11.9. The van der Waals surface area contributed by atoms with Crippen LogP contribution in [-0.4, -0.2) is 5.78 Å². The van der Waals surface area contributed by atoms with Crippen LogP contribution in [0.25, 0.3) is 0 Å². The van der Waals surface area contributed by atoms with E-state index in [1.54, 1.807) is 0 Å². The predicted octanol–water partition coefficient (Wildman–Crippen LogP) is 3.03. The van der Waals surface area contributed by atoms with Crippen LogP contribution < -0.4 is 0 Å². The van der Waals surface area contributed by atoms with Gasteiger partial charge in [0.25, 0.3) is 0 Å². The molecule has 0 unspecified atom stereocenters. The molecule has 0 aromatic heterocycles. The van der Waals surface area contributed by atoms with Crippen molar-refractivity contribution in [2.24, 2.45) is 0 Å². The Kier molecular flexibility index (Phi) is 2.64. The molecule has 1 nitrogen and oxygen atoms in total. The summed E-state index contributed by atoms with van der Waals surface area (Å²) in [5, 5.41) is 0. The van der Waals surface area contributed by atoms with Crippen LogP contribution in [0.2, 0.25) is 0 Å². The second-order valence-corrected chi connectivity index (χ2v) is 3.47. The van der Waals surface area contributed by atoms with E-state index in [9.17, 15) is 4.79 Å². The van der Waals surface area contributed by atoms with Gasteiger partial charge >= 0.3 is 0 Å². The standard InChI is InChI=1S/C14H11O/c1-11-7-9-13(10-8-11)14(15)12-5-3-2-4-6-12/h2-9H,1H3. The fraction of sp³-hybridized carbons (Fsp3) is 0.0714. The van der Waals surface area contributed by atoms with Crippen molar-refractivity contribution < 1.29 is 4.79 Å². The fourth-order valence-corrected chi connectivity index (χ4v) is 1.39. The van der Waals surface area contributed by atoms with Crippen LogP contribution in [0.5, 0.6) is 0 Å². The molecule has 73 valence electrons. The topological polar surface area (TPSA) is 17.1 Å². The van der Waals surface area contributed by atoms with Gasteiger partial charge in [0.05, 0.1) is 0 Å². The lowest BCUT2D eigenvalue weighted by atomic mass is 10.0. The molecule has 0 amide bonds. The first-order chi connectivity index (χ1) is 7.27. The maximum absolute atomic E-state index is 11.9. The monoisotopic (exact) mass is 195 g/mol. The van der Waals surface area contributed by atoms with Crippen molar-refractivity contribution in [3.63, 3.8) is 0 Å². The summed E-state index contributed by atoms with van der Waals surface area (Å²) in [6, 6.07) is 17.8. The first kappa shape index (κ1) is 9.66. The van der Waals surface area contributed by atoms with Gasteiger partial charge in [-0.05, 0) is 13.0 Å². The number of aryl methyl sites for hydroxylation is 1. The molecule has 0 saturated heterocycles. The Balaban J connectivity index is 2.33. The van der Waals surface area contributed by atoms with E-state index in [0.29, 0.717) is 11.1 Å². The summed E-state index contributed by atoms with van der Waals surface area (Å²) < 4.78 is 0. The zero-order valence-electron chi connectivity index (χ0n) is 8.53. The Bertz CT molecular complexity index is 454. The number of carbonyl (C=O) groups is 1. The molecule has 0 aliphatic heterocycles. The van der Waals surface area contributed by atoms with Gasteiger partial charge in [-0.2, -0.15) is 0 Å². The fourth-order valence-electron chi connectivity index (χ4n) is 1.39. The minimum atomic E-state index is 0.0237. The molecule has 2 rings (SSSR count). The molecular formula is C14H11O. The van der Waals surface area contributed by atoms with E-state index < -0.39 is 0 Å². The van der Waals surface area contributed by atoms with Crippen molar-refractivity contribution >= 4 is 5.78 Å². The highest BCUT2D eigenvalue weighted by molar-refractivity contribution is 6.08. The largest absolute Gasteiger partial charge is 0.289 e. The van der Waals surface area contributed by atoms with E-state index >= 15 is 0 Å². The van der Waals surface area contributed by atoms with Crippen molar-refractivity contribution in [1.29, 1.82) is 0 Å². The van der Waals surface area contributed by atoms with Gasteiger partial charge in [-0.3, -0.25) is 4.79 Å². The van der Waals surface area contributed by atoms with Crippen molar-refractivity contribution in [2.45, 2.75) is 6.92 Å². The highest BCUT2D eigenvalue weighted by Crippen LogP contribution is 2.09. The zero-order chi connectivity index (χ0) is 10.7. The number of hydrogen-bond donors (Lipinski definition) is 0. The van der Waals surface area contributed by atoms with E-state index in [2.05, 4.69) is 6.07 Å². The van der Waals surface area contributed by atoms with E-state index in [4.69, 9.17) is 0 Å². The number of rotatable bonds is 2. The second-order valence-electron chi connectivity index (χ2n) is 3.47. The third-order valence-corrected chi connectivity index (χ3v) is 2.25. The lowest BCUT2D eigenvalue weighted by Crippen LogP contribution is -2.00. The molecule has 0 aliphatic carbocycles. The van der Waals surface area contributed by atoms with E-state index in [0.717, 1.165) is 5.56 Å². The molecule has 15 heavy (non-hydrogen) atoms. The van der Waals surface area contributed by atoms with Crippen molar-refractivity contribution in [2.75, 3.05) is 0 Å². The number of ketones is 1. The van der Waals surface area contributed by atoms with Crippen LogP contribution >= 0.6 is 0 Å². The summed E-state index contributed by atoms with van der Waals surface area (Å²) in [5.74, 6) is 0.0237. The molecule has 0 saturated carbocycles. The van der Waals surface area contributed by atoms with Gasteiger partial charge in [0.15, 0.2) is 5.78 Å². The van der Waals surface area contributed by atoms with Crippen LogP contribution in [0.3, 0.4) is 0 Å². The van der Waals surface area contributed by atoms with Crippen molar-refractivity contribution in [3.05, 3.63) is 71.3 Å². The molecule has 0 N–H and O–H groups in total. The highest BCUT2D eigenvalue weighted by Gasteiger charge is 2.07. The Hall–Kier alpha value is -1.89. The molecule has 2 aromatic carbocycles. The predicted molar refractivity (Wildman–Crippen MR) is 59.9 cm³/mol. The summed E-state index contributed by atoms with van der Waals surface area (Å²) in [6.07, 6.45) is 0.